The second-order valence-electron chi connectivity index (χ2n) is 5.28. The molecule has 0 unspecified atom stereocenters. The third-order valence-electron chi connectivity index (χ3n) is 3.55. The minimum Gasteiger partial charge on any atom is -0.466 e. The van der Waals surface area contributed by atoms with Crippen molar-refractivity contribution in [2.75, 3.05) is 20.2 Å². The summed E-state index contributed by atoms with van der Waals surface area (Å²) in [6.45, 7) is 4.08. The van der Waals surface area contributed by atoms with Gasteiger partial charge >= 0.3 is 5.97 Å². The molecular formula is C18H23NO2. The highest BCUT2D eigenvalue weighted by atomic mass is 16.5. The monoisotopic (exact) mass is 285 g/mol. The van der Waals surface area contributed by atoms with E-state index in [1.807, 2.05) is 6.92 Å². The third-order valence-corrected chi connectivity index (χ3v) is 3.55. The molecule has 0 bridgehead atoms. The fourth-order valence-corrected chi connectivity index (χ4v) is 2.53. The zero-order chi connectivity index (χ0) is 15.1. The smallest absolute Gasteiger partial charge is 0.305 e. The number of carbonyl (C=O) groups excluding carboxylic acids is 1. The largest absolute Gasteiger partial charge is 0.466 e. The van der Waals surface area contributed by atoms with Crippen LogP contribution in [-0.2, 0) is 16.1 Å². The summed E-state index contributed by atoms with van der Waals surface area (Å²) in [6, 6.07) is 14.9. The number of carbonyl (C=O) groups is 1. The summed E-state index contributed by atoms with van der Waals surface area (Å²) in [6.07, 6.45) is 1.33. The highest BCUT2D eigenvalue weighted by Crippen LogP contribution is 2.19. The summed E-state index contributed by atoms with van der Waals surface area (Å²) >= 11 is 0. The van der Waals surface area contributed by atoms with Crippen LogP contribution >= 0.6 is 0 Å². The Labute approximate surface area is 126 Å². The Morgan fingerprint density at radius 3 is 2.71 bits per heavy atom. The molecule has 112 valence electrons. The molecule has 2 rings (SSSR count). The Kier molecular flexibility index (Phi) is 5.76. The predicted octanol–water partition coefficient (Wildman–Crippen LogP) is 3.61. The van der Waals surface area contributed by atoms with Gasteiger partial charge < -0.3 is 9.64 Å². The van der Waals surface area contributed by atoms with Crippen LogP contribution in [0.2, 0.25) is 0 Å². The van der Waals surface area contributed by atoms with Crippen LogP contribution in [0.5, 0.6) is 0 Å². The SMILES string of the molecule is CCOC(=O)CCCN(C)Cc1cccc2ccccc12. The quantitative estimate of drug-likeness (QED) is 0.728. The van der Waals surface area contributed by atoms with Crippen LogP contribution in [0.4, 0.5) is 0 Å². The Morgan fingerprint density at radius 2 is 1.90 bits per heavy atom. The van der Waals surface area contributed by atoms with Gasteiger partial charge in [0, 0.05) is 13.0 Å². The number of hydrogen-bond donors (Lipinski definition) is 0. The number of rotatable bonds is 7. The van der Waals surface area contributed by atoms with Crippen molar-refractivity contribution >= 4 is 16.7 Å². The second kappa shape index (κ2) is 7.79. The third kappa shape index (κ3) is 4.57. The topological polar surface area (TPSA) is 29.5 Å². The highest BCUT2D eigenvalue weighted by Gasteiger charge is 2.06. The summed E-state index contributed by atoms with van der Waals surface area (Å²) in [4.78, 5) is 13.6. The van der Waals surface area contributed by atoms with Gasteiger partial charge in [0.1, 0.15) is 0 Å². The maximum Gasteiger partial charge on any atom is 0.305 e. The van der Waals surface area contributed by atoms with Gasteiger partial charge in [-0.2, -0.15) is 0 Å². The molecule has 0 amide bonds. The van der Waals surface area contributed by atoms with Crippen molar-refractivity contribution in [3.8, 4) is 0 Å². The molecule has 0 aliphatic heterocycles. The summed E-state index contributed by atoms with van der Waals surface area (Å²) < 4.78 is 4.94. The fraction of sp³-hybridized carbons (Fsp3) is 0.389. The van der Waals surface area contributed by atoms with E-state index in [1.165, 1.54) is 16.3 Å². The molecule has 3 heteroatoms. The van der Waals surface area contributed by atoms with Gasteiger partial charge in [0.25, 0.3) is 0 Å². The number of hydrogen-bond acceptors (Lipinski definition) is 3. The molecule has 0 aliphatic carbocycles. The van der Waals surface area contributed by atoms with E-state index in [0.29, 0.717) is 13.0 Å². The maximum absolute atomic E-state index is 11.3. The Hall–Kier alpha value is -1.87. The van der Waals surface area contributed by atoms with Crippen LogP contribution < -0.4 is 0 Å². The fourth-order valence-electron chi connectivity index (χ4n) is 2.53. The van der Waals surface area contributed by atoms with Crippen molar-refractivity contribution in [3.63, 3.8) is 0 Å². The van der Waals surface area contributed by atoms with Gasteiger partial charge in [-0.15, -0.1) is 0 Å². The molecule has 0 aliphatic rings. The average molecular weight is 285 g/mol. The average Bonchev–Trinajstić information content (AvgIpc) is 2.48. The molecule has 0 heterocycles. The maximum atomic E-state index is 11.3. The second-order valence-corrected chi connectivity index (χ2v) is 5.28. The van der Waals surface area contributed by atoms with E-state index in [0.717, 1.165) is 19.5 Å². The molecule has 21 heavy (non-hydrogen) atoms. The van der Waals surface area contributed by atoms with Gasteiger partial charge in [-0.1, -0.05) is 42.5 Å². The van der Waals surface area contributed by atoms with Crippen LogP contribution in [0.1, 0.15) is 25.3 Å². The van der Waals surface area contributed by atoms with E-state index in [-0.39, 0.29) is 5.97 Å². The van der Waals surface area contributed by atoms with E-state index >= 15 is 0 Å². The van der Waals surface area contributed by atoms with E-state index < -0.39 is 0 Å². The molecular weight excluding hydrogens is 262 g/mol. The summed E-state index contributed by atoms with van der Waals surface area (Å²) in [5, 5.41) is 2.58. The van der Waals surface area contributed by atoms with Gasteiger partial charge in [0.15, 0.2) is 0 Å². The van der Waals surface area contributed by atoms with E-state index in [4.69, 9.17) is 4.74 Å². The molecule has 3 nitrogen and oxygen atoms in total. The summed E-state index contributed by atoms with van der Waals surface area (Å²) in [5.74, 6) is -0.101. The Bertz CT molecular complexity index is 589. The zero-order valence-electron chi connectivity index (χ0n) is 12.8. The molecule has 0 saturated heterocycles. The van der Waals surface area contributed by atoms with E-state index in [9.17, 15) is 4.79 Å². The number of benzene rings is 2. The number of esters is 1. The number of ether oxygens (including phenoxy) is 1. The van der Waals surface area contributed by atoms with Crippen LogP contribution in [0.15, 0.2) is 42.5 Å². The van der Waals surface area contributed by atoms with Gasteiger partial charge in [-0.3, -0.25) is 4.79 Å². The lowest BCUT2D eigenvalue weighted by Gasteiger charge is -2.17. The first-order valence-electron chi connectivity index (χ1n) is 7.51. The standard InChI is InChI=1S/C18H23NO2/c1-3-21-18(20)12-7-13-19(2)14-16-10-6-9-15-8-4-5-11-17(15)16/h4-6,8-11H,3,7,12-14H2,1-2H3. The lowest BCUT2D eigenvalue weighted by molar-refractivity contribution is -0.143. The molecule has 0 saturated carbocycles. The number of nitrogens with zero attached hydrogens (tertiary/aromatic N) is 1. The van der Waals surface area contributed by atoms with Crippen molar-refractivity contribution in [3.05, 3.63) is 48.0 Å². The van der Waals surface area contributed by atoms with Crippen molar-refractivity contribution in [1.82, 2.24) is 4.90 Å². The van der Waals surface area contributed by atoms with Gasteiger partial charge in [-0.05, 0) is 43.3 Å². The predicted molar refractivity (Wildman–Crippen MR) is 86.1 cm³/mol. The molecule has 0 fully saturated rings. The normalized spacial score (nSPS) is 11.0. The van der Waals surface area contributed by atoms with Crippen molar-refractivity contribution < 1.29 is 9.53 Å². The van der Waals surface area contributed by atoms with Crippen molar-refractivity contribution in [2.45, 2.75) is 26.3 Å². The van der Waals surface area contributed by atoms with E-state index in [2.05, 4.69) is 54.4 Å². The minimum atomic E-state index is -0.101. The van der Waals surface area contributed by atoms with E-state index in [1.54, 1.807) is 0 Å². The lowest BCUT2D eigenvalue weighted by Crippen LogP contribution is -2.20. The Morgan fingerprint density at radius 1 is 1.14 bits per heavy atom. The molecule has 0 atom stereocenters. The minimum absolute atomic E-state index is 0.101. The number of fused-ring (bicyclic) bond motifs is 1. The summed E-state index contributed by atoms with van der Waals surface area (Å²) in [7, 11) is 2.09. The van der Waals surface area contributed by atoms with Crippen LogP contribution in [0, 0.1) is 0 Å². The van der Waals surface area contributed by atoms with Gasteiger partial charge in [-0.25, -0.2) is 0 Å². The van der Waals surface area contributed by atoms with Gasteiger partial charge in [0.2, 0.25) is 0 Å². The molecule has 0 radical (unpaired) electrons. The summed E-state index contributed by atoms with van der Waals surface area (Å²) in [5.41, 5.74) is 1.33. The van der Waals surface area contributed by atoms with Crippen molar-refractivity contribution in [2.24, 2.45) is 0 Å². The molecule has 2 aromatic rings. The lowest BCUT2D eigenvalue weighted by atomic mass is 10.0. The molecule has 0 spiro atoms. The van der Waals surface area contributed by atoms with Crippen LogP contribution in [0.3, 0.4) is 0 Å². The zero-order valence-corrected chi connectivity index (χ0v) is 12.8. The van der Waals surface area contributed by atoms with Crippen LogP contribution in [-0.4, -0.2) is 31.1 Å². The van der Waals surface area contributed by atoms with Gasteiger partial charge in [0.05, 0.1) is 6.61 Å². The van der Waals surface area contributed by atoms with Crippen LogP contribution in [0.25, 0.3) is 10.8 Å². The first kappa shape index (κ1) is 15.5. The molecule has 0 N–H and O–H groups in total. The first-order chi connectivity index (χ1) is 10.2. The van der Waals surface area contributed by atoms with Crippen molar-refractivity contribution in [1.29, 1.82) is 0 Å². The first-order valence-corrected chi connectivity index (χ1v) is 7.51. The highest BCUT2D eigenvalue weighted by molar-refractivity contribution is 5.85. The molecule has 2 aromatic carbocycles. The Balaban J connectivity index is 1.90. The molecule has 0 aromatic heterocycles.